The molecule has 0 aliphatic carbocycles. The second kappa shape index (κ2) is 6.70. The molecule has 5 heteroatoms. The normalized spacial score (nSPS) is 10.4. The number of rotatable bonds is 6. The topological polar surface area (TPSA) is 59.0 Å². The monoisotopic (exact) mass is 258 g/mol. The first-order valence-electron chi connectivity index (χ1n) is 6.23. The van der Waals surface area contributed by atoms with E-state index < -0.39 is 0 Å². The highest BCUT2D eigenvalue weighted by atomic mass is 16.1. The first kappa shape index (κ1) is 13.3. The SMILES string of the molecule is Cn1ccnc1CNCC(=O)NCc1ccccc1. The van der Waals surface area contributed by atoms with Crippen molar-refractivity contribution in [1.82, 2.24) is 20.2 Å². The van der Waals surface area contributed by atoms with Crippen molar-refractivity contribution < 1.29 is 4.79 Å². The first-order valence-corrected chi connectivity index (χ1v) is 6.23. The second-order valence-electron chi connectivity index (χ2n) is 4.32. The lowest BCUT2D eigenvalue weighted by Gasteiger charge is -2.07. The van der Waals surface area contributed by atoms with E-state index in [-0.39, 0.29) is 5.91 Å². The van der Waals surface area contributed by atoms with Gasteiger partial charge in [0.2, 0.25) is 5.91 Å². The van der Waals surface area contributed by atoms with E-state index in [0.717, 1.165) is 11.4 Å². The van der Waals surface area contributed by atoms with Crippen molar-refractivity contribution in [2.24, 2.45) is 7.05 Å². The lowest BCUT2D eigenvalue weighted by molar-refractivity contribution is -0.120. The van der Waals surface area contributed by atoms with Crippen molar-refractivity contribution in [2.45, 2.75) is 13.1 Å². The largest absolute Gasteiger partial charge is 0.351 e. The Kier molecular flexibility index (Phi) is 4.69. The number of benzene rings is 1. The standard InChI is InChI=1S/C14H18N4O/c1-18-8-7-16-13(18)10-15-11-14(19)17-9-12-5-3-2-4-6-12/h2-8,15H,9-11H2,1H3,(H,17,19). The highest BCUT2D eigenvalue weighted by molar-refractivity contribution is 5.77. The molecule has 100 valence electrons. The Labute approximate surface area is 112 Å². The van der Waals surface area contributed by atoms with Gasteiger partial charge in [-0.05, 0) is 5.56 Å². The van der Waals surface area contributed by atoms with Gasteiger partial charge in [-0.15, -0.1) is 0 Å². The maximum absolute atomic E-state index is 11.6. The summed E-state index contributed by atoms with van der Waals surface area (Å²) in [4.78, 5) is 15.8. The van der Waals surface area contributed by atoms with E-state index >= 15 is 0 Å². The molecule has 1 aromatic carbocycles. The van der Waals surface area contributed by atoms with Gasteiger partial charge in [-0.2, -0.15) is 0 Å². The summed E-state index contributed by atoms with van der Waals surface area (Å²) in [6, 6.07) is 9.85. The maximum Gasteiger partial charge on any atom is 0.234 e. The third-order valence-electron chi connectivity index (χ3n) is 2.82. The third kappa shape index (κ3) is 4.22. The Balaban J connectivity index is 1.66. The minimum Gasteiger partial charge on any atom is -0.351 e. The lowest BCUT2D eigenvalue weighted by atomic mass is 10.2. The van der Waals surface area contributed by atoms with E-state index in [4.69, 9.17) is 0 Å². The molecule has 5 nitrogen and oxygen atoms in total. The number of carbonyl (C=O) groups is 1. The summed E-state index contributed by atoms with van der Waals surface area (Å²) < 4.78 is 1.93. The minimum absolute atomic E-state index is 0.0157. The Hall–Kier alpha value is -2.14. The van der Waals surface area contributed by atoms with Gasteiger partial charge in [0.15, 0.2) is 0 Å². The second-order valence-corrected chi connectivity index (χ2v) is 4.32. The molecule has 0 unspecified atom stereocenters. The molecule has 2 rings (SSSR count). The summed E-state index contributed by atoms with van der Waals surface area (Å²) in [5.41, 5.74) is 1.10. The van der Waals surface area contributed by atoms with Gasteiger partial charge in [-0.25, -0.2) is 4.98 Å². The molecule has 0 fully saturated rings. The maximum atomic E-state index is 11.6. The molecule has 1 heterocycles. The number of imidazole rings is 1. The summed E-state index contributed by atoms with van der Waals surface area (Å²) >= 11 is 0. The molecule has 0 saturated carbocycles. The quantitative estimate of drug-likeness (QED) is 0.806. The average molecular weight is 258 g/mol. The van der Waals surface area contributed by atoms with Crippen LogP contribution in [0.2, 0.25) is 0 Å². The van der Waals surface area contributed by atoms with E-state index in [9.17, 15) is 4.79 Å². The van der Waals surface area contributed by atoms with Gasteiger partial charge < -0.3 is 15.2 Å². The highest BCUT2D eigenvalue weighted by Crippen LogP contribution is 1.97. The van der Waals surface area contributed by atoms with Crippen LogP contribution in [-0.4, -0.2) is 22.0 Å². The van der Waals surface area contributed by atoms with Crippen LogP contribution in [0.25, 0.3) is 0 Å². The van der Waals surface area contributed by atoms with Crippen molar-refractivity contribution in [3.8, 4) is 0 Å². The molecule has 2 aromatic rings. The smallest absolute Gasteiger partial charge is 0.234 e. The number of carbonyl (C=O) groups excluding carboxylic acids is 1. The summed E-state index contributed by atoms with van der Waals surface area (Å²) in [6.45, 7) is 1.44. The number of amides is 1. The lowest BCUT2D eigenvalue weighted by Crippen LogP contribution is -2.33. The zero-order valence-electron chi connectivity index (χ0n) is 11.0. The zero-order chi connectivity index (χ0) is 13.5. The predicted octanol–water partition coefficient (Wildman–Crippen LogP) is 0.826. The fraction of sp³-hybridized carbons (Fsp3) is 0.286. The van der Waals surface area contributed by atoms with Crippen LogP contribution in [0, 0.1) is 0 Å². The van der Waals surface area contributed by atoms with E-state index in [1.807, 2.05) is 48.1 Å². The molecular formula is C14H18N4O. The van der Waals surface area contributed by atoms with Gasteiger partial charge >= 0.3 is 0 Å². The molecule has 0 radical (unpaired) electrons. The van der Waals surface area contributed by atoms with E-state index in [2.05, 4.69) is 15.6 Å². The molecular weight excluding hydrogens is 240 g/mol. The first-order chi connectivity index (χ1) is 9.25. The Morgan fingerprint density at radius 2 is 2.05 bits per heavy atom. The van der Waals surface area contributed by atoms with Gasteiger partial charge in [-0.1, -0.05) is 30.3 Å². The van der Waals surface area contributed by atoms with Crippen molar-refractivity contribution in [2.75, 3.05) is 6.54 Å². The molecule has 0 aliphatic rings. The molecule has 0 aliphatic heterocycles. The fourth-order valence-corrected chi connectivity index (χ4v) is 1.71. The van der Waals surface area contributed by atoms with Crippen LogP contribution in [0.3, 0.4) is 0 Å². The summed E-state index contributed by atoms with van der Waals surface area (Å²) in [5, 5.41) is 5.93. The van der Waals surface area contributed by atoms with Crippen LogP contribution in [0.5, 0.6) is 0 Å². The number of hydrogen-bond donors (Lipinski definition) is 2. The van der Waals surface area contributed by atoms with Gasteiger partial charge in [-0.3, -0.25) is 4.79 Å². The summed E-state index contributed by atoms with van der Waals surface area (Å²) in [6.07, 6.45) is 3.62. The van der Waals surface area contributed by atoms with E-state index in [1.165, 1.54) is 0 Å². The minimum atomic E-state index is -0.0157. The Bertz CT molecular complexity index is 521. The molecule has 1 aromatic heterocycles. The predicted molar refractivity (Wildman–Crippen MR) is 73.2 cm³/mol. The van der Waals surface area contributed by atoms with Crippen molar-refractivity contribution in [3.05, 3.63) is 54.1 Å². The molecule has 19 heavy (non-hydrogen) atoms. The van der Waals surface area contributed by atoms with Crippen LogP contribution in [0.1, 0.15) is 11.4 Å². The number of nitrogens with one attached hydrogen (secondary N) is 2. The van der Waals surface area contributed by atoms with Crippen LogP contribution >= 0.6 is 0 Å². The average Bonchev–Trinajstić information content (AvgIpc) is 2.83. The van der Waals surface area contributed by atoms with Crippen molar-refractivity contribution in [3.63, 3.8) is 0 Å². The third-order valence-corrected chi connectivity index (χ3v) is 2.82. The number of aryl methyl sites for hydroxylation is 1. The van der Waals surface area contributed by atoms with Gasteiger partial charge in [0, 0.05) is 26.0 Å². The molecule has 0 bridgehead atoms. The summed E-state index contributed by atoms with van der Waals surface area (Å²) in [5.74, 6) is 0.897. The molecule has 0 atom stereocenters. The molecule has 0 saturated heterocycles. The van der Waals surface area contributed by atoms with Gasteiger partial charge in [0.1, 0.15) is 5.82 Å². The van der Waals surface area contributed by atoms with Gasteiger partial charge in [0.05, 0.1) is 13.1 Å². The van der Waals surface area contributed by atoms with Crippen molar-refractivity contribution >= 4 is 5.91 Å². The van der Waals surface area contributed by atoms with Crippen LogP contribution in [-0.2, 0) is 24.9 Å². The number of hydrogen-bond acceptors (Lipinski definition) is 3. The van der Waals surface area contributed by atoms with Gasteiger partial charge in [0.25, 0.3) is 0 Å². The van der Waals surface area contributed by atoms with Crippen LogP contribution in [0.15, 0.2) is 42.7 Å². The Morgan fingerprint density at radius 3 is 2.74 bits per heavy atom. The number of aromatic nitrogens is 2. The van der Waals surface area contributed by atoms with E-state index in [0.29, 0.717) is 19.6 Å². The number of nitrogens with zero attached hydrogens (tertiary/aromatic N) is 2. The Morgan fingerprint density at radius 1 is 1.26 bits per heavy atom. The van der Waals surface area contributed by atoms with Crippen LogP contribution in [0.4, 0.5) is 0 Å². The fourth-order valence-electron chi connectivity index (χ4n) is 1.71. The van der Waals surface area contributed by atoms with E-state index in [1.54, 1.807) is 6.20 Å². The molecule has 0 spiro atoms. The molecule has 1 amide bonds. The highest BCUT2D eigenvalue weighted by Gasteiger charge is 2.02. The summed E-state index contributed by atoms with van der Waals surface area (Å²) in [7, 11) is 1.93. The van der Waals surface area contributed by atoms with Crippen molar-refractivity contribution in [1.29, 1.82) is 0 Å². The zero-order valence-corrected chi connectivity index (χ0v) is 11.0. The van der Waals surface area contributed by atoms with Crippen LogP contribution < -0.4 is 10.6 Å². The molecule has 2 N–H and O–H groups in total.